The number of hydrogen-bond acceptors (Lipinski definition) is 5. The zero-order valence-electron chi connectivity index (χ0n) is 13.3. The highest BCUT2D eigenvalue weighted by Crippen LogP contribution is 2.33. The summed E-state index contributed by atoms with van der Waals surface area (Å²) >= 11 is 7.64. The number of nitrogens with zero attached hydrogens (tertiary/aromatic N) is 3. The van der Waals surface area contributed by atoms with Gasteiger partial charge in [0.25, 0.3) is 0 Å². The largest absolute Gasteiger partial charge is 0.369 e. The van der Waals surface area contributed by atoms with E-state index in [1.165, 1.54) is 16.9 Å². The number of rotatable bonds is 5. The summed E-state index contributed by atoms with van der Waals surface area (Å²) in [7, 11) is 0. The number of thiophene rings is 1. The van der Waals surface area contributed by atoms with Crippen LogP contribution in [-0.4, -0.2) is 21.5 Å². The minimum Gasteiger partial charge on any atom is -0.369 e. The lowest BCUT2D eigenvalue weighted by Crippen LogP contribution is -2.07. The molecule has 4 nitrogen and oxygen atoms in total. The smallest absolute Gasteiger partial charge is 0.181 e. The van der Waals surface area contributed by atoms with Crippen molar-refractivity contribution in [3.05, 3.63) is 70.7 Å². The van der Waals surface area contributed by atoms with E-state index in [4.69, 9.17) is 11.6 Å². The molecule has 0 fully saturated rings. The highest BCUT2D eigenvalue weighted by molar-refractivity contribution is 7.22. The lowest BCUT2D eigenvalue weighted by Gasteiger charge is -2.09. The molecule has 25 heavy (non-hydrogen) atoms. The maximum atomic E-state index is 6.19. The quantitative estimate of drug-likeness (QED) is 0.536. The summed E-state index contributed by atoms with van der Waals surface area (Å²) in [5.74, 6) is 1.40. The van der Waals surface area contributed by atoms with Gasteiger partial charge in [-0.1, -0.05) is 48.0 Å². The molecule has 0 unspecified atom stereocenters. The summed E-state index contributed by atoms with van der Waals surface area (Å²) in [6.07, 6.45) is 2.66. The van der Waals surface area contributed by atoms with Crippen molar-refractivity contribution in [2.75, 3.05) is 11.9 Å². The lowest BCUT2D eigenvalue weighted by molar-refractivity contribution is 1.01. The monoisotopic (exact) mass is 366 g/mol. The Morgan fingerprint density at radius 3 is 2.64 bits per heavy atom. The van der Waals surface area contributed by atoms with Crippen LogP contribution in [0.15, 0.2) is 60.8 Å². The van der Waals surface area contributed by atoms with Crippen molar-refractivity contribution >= 4 is 39.0 Å². The molecular formula is C19H15ClN4S. The second-order valence-electron chi connectivity index (χ2n) is 5.54. The molecule has 3 aromatic heterocycles. The zero-order valence-corrected chi connectivity index (χ0v) is 14.9. The van der Waals surface area contributed by atoms with Crippen molar-refractivity contribution < 1.29 is 0 Å². The van der Waals surface area contributed by atoms with Gasteiger partial charge in [0.2, 0.25) is 0 Å². The van der Waals surface area contributed by atoms with Crippen LogP contribution in [0.2, 0.25) is 4.34 Å². The van der Waals surface area contributed by atoms with E-state index in [9.17, 15) is 0 Å². The number of halogens is 1. The minimum atomic E-state index is 0.605. The Morgan fingerprint density at radius 2 is 1.84 bits per heavy atom. The van der Waals surface area contributed by atoms with Crippen molar-refractivity contribution in [2.45, 2.75) is 6.42 Å². The van der Waals surface area contributed by atoms with Crippen LogP contribution in [0.3, 0.4) is 0 Å². The average molecular weight is 367 g/mol. The predicted octanol–water partition coefficient (Wildman–Crippen LogP) is 5.06. The van der Waals surface area contributed by atoms with Crippen LogP contribution in [0, 0.1) is 0 Å². The van der Waals surface area contributed by atoms with Gasteiger partial charge in [-0.05, 0) is 30.2 Å². The lowest BCUT2D eigenvalue weighted by atomic mass is 10.1. The number of aromatic nitrogens is 3. The van der Waals surface area contributed by atoms with Crippen LogP contribution >= 0.6 is 22.9 Å². The third-order valence-corrected chi connectivity index (χ3v) is 4.96. The maximum Gasteiger partial charge on any atom is 0.181 e. The summed E-state index contributed by atoms with van der Waals surface area (Å²) in [4.78, 5) is 14.5. The van der Waals surface area contributed by atoms with Crippen LogP contribution in [0.1, 0.15) is 5.56 Å². The van der Waals surface area contributed by atoms with Crippen LogP contribution in [0.5, 0.6) is 0 Å². The van der Waals surface area contributed by atoms with E-state index < -0.39 is 0 Å². The predicted molar refractivity (Wildman–Crippen MR) is 104 cm³/mol. The third kappa shape index (κ3) is 3.62. The van der Waals surface area contributed by atoms with Crippen LogP contribution in [0.4, 0.5) is 5.82 Å². The minimum absolute atomic E-state index is 0.605. The highest BCUT2D eigenvalue weighted by atomic mass is 35.5. The van der Waals surface area contributed by atoms with Gasteiger partial charge in [-0.25, -0.2) is 9.97 Å². The van der Waals surface area contributed by atoms with E-state index in [0.29, 0.717) is 10.2 Å². The Hall–Kier alpha value is -2.50. The fourth-order valence-corrected chi connectivity index (χ4v) is 3.69. The van der Waals surface area contributed by atoms with Gasteiger partial charge >= 0.3 is 0 Å². The maximum absolute atomic E-state index is 6.19. The van der Waals surface area contributed by atoms with Crippen molar-refractivity contribution in [1.82, 2.24) is 15.0 Å². The molecule has 0 bridgehead atoms. The number of nitrogens with one attached hydrogen (secondary N) is 1. The van der Waals surface area contributed by atoms with Gasteiger partial charge in [0.1, 0.15) is 16.3 Å². The fourth-order valence-electron chi connectivity index (χ4n) is 2.61. The van der Waals surface area contributed by atoms with Gasteiger partial charge < -0.3 is 5.32 Å². The first-order valence-electron chi connectivity index (χ1n) is 7.96. The highest BCUT2D eigenvalue weighted by Gasteiger charge is 2.13. The van der Waals surface area contributed by atoms with Gasteiger partial charge in [0.15, 0.2) is 5.82 Å². The number of benzene rings is 1. The van der Waals surface area contributed by atoms with Crippen LogP contribution < -0.4 is 5.32 Å². The Bertz CT molecular complexity index is 986. The molecule has 4 rings (SSSR count). The van der Waals surface area contributed by atoms with E-state index >= 15 is 0 Å². The van der Waals surface area contributed by atoms with E-state index in [-0.39, 0.29) is 0 Å². The first-order chi connectivity index (χ1) is 12.3. The number of anilines is 1. The Labute approximate surface area is 154 Å². The molecule has 0 amide bonds. The Kier molecular flexibility index (Phi) is 4.59. The van der Waals surface area contributed by atoms with Gasteiger partial charge in [-0.2, -0.15) is 0 Å². The molecule has 4 aromatic rings. The number of pyridine rings is 1. The molecule has 0 atom stereocenters. The number of fused-ring (bicyclic) bond motifs is 1. The van der Waals surface area contributed by atoms with E-state index in [2.05, 4.69) is 44.5 Å². The second-order valence-corrected chi connectivity index (χ2v) is 7.20. The molecule has 0 radical (unpaired) electrons. The van der Waals surface area contributed by atoms with Gasteiger partial charge in [-0.3, -0.25) is 4.98 Å². The molecular weight excluding hydrogens is 352 g/mol. The summed E-state index contributed by atoms with van der Waals surface area (Å²) in [6, 6.07) is 18.0. The van der Waals surface area contributed by atoms with Gasteiger partial charge in [-0.15, -0.1) is 11.3 Å². The van der Waals surface area contributed by atoms with Crippen molar-refractivity contribution in [2.24, 2.45) is 0 Å². The van der Waals surface area contributed by atoms with Crippen molar-refractivity contribution in [1.29, 1.82) is 0 Å². The van der Waals surface area contributed by atoms with Crippen LogP contribution in [-0.2, 0) is 6.42 Å². The molecule has 0 spiro atoms. The van der Waals surface area contributed by atoms with Gasteiger partial charge in [0.05, 0.1) is 9.72 Å². The molecule has 0 aliphatic carbocycles. The first kappa shape index (κ1) is 16.0. The molecule has 0 saturated carbocycles. The molecule has 3 heterocycles. The SMILES string of the molecule is Clc1cc2c(NCCc3ccccc3)nc(-c3ccccn3)nc2s1. The summed E-state index contributed by atoms with van der Waals surface area (Å²) in [5.41, 5.74) is 2.04. The first-order valence-corrected chi connectivity index (χ1v) is 9.15. The molecule has 0 saturated heterocycles. The average Bonchev–Trinajstić information content (AvgIpc) is 3.03. The van der Waals surface area contributed by atoms with Gasteiger partial charge in [0, 0.05) is 12.7 Å². The standard InChI is InChI=1S/C19H15ClN4S/c20-16-12-14-17(22-11-9-13-6-2-1-3-7-13)23-18(24-19(14)25-16)15-8-4-5-10-21-15/h1-8,10,12H,9,11H2,(H,22,23,24). The molecule has 0 aliphatic rings. The number of hydrogen-bond donors (Lipinski definition) is 1. The Morgan fingerprint density at radius 1 is 1.00 bits per heavy atom. The van der Waals surface area contributed by atoms with E-state index in [1.54, 1.807) is 6.20 Å². The van der Waals surface area contributed by atoms with E-state index in [0.717, 1.165) is 34.7 Å². The topological polar surface area (TPSA) is 50.7 Å². The summed E-state index contributed by atoms with van der Waals surface area (Å²) < 4.78 is 0.702. The summed E-state index contributed by atoms with van der Waals surface area (Å²) in [6.45, 7) is 0.783. The molecule has 1 aromatic carbocycles. The van der Waals surface area contributed by atoms with Crippen molar-refractivity contribution in [3.63, 3.8) is 0 Å². The normalized spacial score (nSPS) is 10.9. The van der Waals surface area contributed by atoms with Crippen molar-refractivity contribution in [3.8, 4) is 11.5 Å². The third-order valence-electron chi connectivity index (χ3n) is 3.81. The molecule has 0 aliphatic heterocycles. The fraction of sp³-hybridized carbons (Fsp3) is 0.105. The molecule has 124 valence electrons. The molecule has 1 N–H and O–H groups in total. The second kappa shape index (κ2) is 7.17. The molecule has 6 heteroatoms. The van der Waals surface area contributed by atoms with Crippen LogP contribution in [0.25, 0.3) is 21.7 Å². The Balaban J connectivity index is 1.64. The zero-order chi connectivity index (χ0) is 17.1. The summed E-state index contributed by atoms with van der Waals surface area (Å²) in [5, 5.41) is 4.38. The van der Waals surface area contributed by atoms with E-state index in [1.807, 2.05) is 30.3 Å².